The summed E-state index contributed by atoms with van der Waals surface area (Å²) in [5, 5.41) is 3.04. The molecule has 0 radical (unpaired) electrons. The molecule has 5 nitrogen and oxygen atoms in total. The molecular formula is C26H31F3N4O. The molecule has 2 fully saturated rings. The number of rotatable bonds is 4. The fourth-order valence-corrected chi connectivity index (χ4v) is 5.92. The van der Waals surface area contributed by atoms with Crippen molar-refractivity contribution in [3.8, 4) is 0 Å². The first-order chi connectivity index (χ1) is 16.4. The highest BCUT2D eigenvalue weighted by atomic mass is 19.4. The lowest BCUT2D eigenvalue weighted by Crippen LogP contribution is -2.62. The molecule has 1 amide bonds. The number of hydrogen-bond acceptors (Lipinski definition) is 4. The summed E-state index contributed by atoms with van der Waals surface area (Å²) in [7, 11) is 0. The lowest BCUT2D eigenvalue weighted by atomic mass is 9.82. The Labute approximate surface area is 198 Å². The Balaban J connectivity index is 1.41. The van der Waals surface area contributed by atoms with Crippen LogP contribution in [0.5, 0.6) is 0 Å². The Morgan fingerprint density at radius 1 is 1.06 bits per heavy atom. The third kappa shape index (κ3) is 4.78. The van der Waals surface area contributed by atoms with E-state index in [0.29, 0.717) is 24.6 Å². The summed E-state index contributed by atoms with van der Waals surface area (Å²) >= 11 is 0. The van der Waals surface area contributed by atoms with Crippen LogP contribution in [0, 0.1) is 5.92 Å². The Bertz CT molecular complexity index is 1010. The molecule has 1 saturated heterocycles. The smallest absolute Gasteiger partial charge is 0.365 e. The minimum atomic E-state index is -4.40. The van der Waals surface area contributed by atoms with Gasteiger partial charge in [0.1, 0.15) is 0 Å². The van der Waals surface area contributed by atoms with Crippen LogP contribution < -0.4 is 10.2 Å². The van der Waals surface area contributed by atoms with Gasteiger partial charge >= 0.3 is 6.18 Å². The van der Waals surface area contributed by atoms with Crippen LogP contribution in [0.15, 0.2) is 42.7 Å². The number of aromatic nitrogens is 1. The normalized spacial score (nSPS) is 23.8. The van der Waals surface area contributed by atoms with Crippen LogP contribution >= 0.6 is 0 Å². The molecule has 3 aliphatic rings. The van der Waals surface area contributed by atoms with Crippen molar-refractivity contribution in [1.82, 2.24) is 15.2 Å². The van der Waals surface area contributed by atoms with Crippen molar-refractivity contribution in [3.63, 3.8) is 0 Å². The molecular weight excluding hydrogens is 441 g/mol. The Morgan fingerprint density at radius 3 is 2.56 bits per heavy atom. The number of fused-ring (bicyclic) bond motifs is 3. The van der Waals surface area contributed by atoms with Gasteiger partial charge in [0.25, 0.3) is 0 Å². The van der Waals surface area contributed by atoms with Crippen LogP contribution in [0.4, 0.5) is 18.9 Å². The summed E-state index contributed by atoms with van der Waals surface area (Å²) in [6.07, 6.45) is 5.45. The van der Waals surface area contributed by atoms with Gasteiger partial charge in [0.05, 0.1) is 17.5 Å². The standard InChI is InChI=1S/C26H31F3N4O/c27-26(28,29)20-6-7-23-19(14-20)15-22(25(34)31-16-18-8-10-30-11-9-18)24-17-32(12-13-33(23)24)21-4-2-1-3-5-21/h6-11,14,21-22,24H,1-5,12-13,15-17H2,(H,31,34). The van der Waals surface area contributed by atoms with Crippen molar-refractivity contribution in [2.45, 2.75) is 63.3 Å². The maximum absolute atomic E-state index is 13.4. The lowest BCUT2D eigenvalue weighted by molar-refractivity contribution is -0.137. The van der Waals surface area contributed by atoms with Crippen LogP contribution in [-0.2, 0) is 23.9 Å². The number of amides is 1. The number of hydrogen-bond donors (Lipinski definition) is 1. The zero-order chi connectivity index (χ0) is 23.7. The first kappa shape index (κ1) is 23.1. The van der Waals surface area contributed by atoms with Gasteiger partial charge in [-0.3, -0.25) is 14.7 Å². The van der Waals surface area contributed by atoms with E-state index < -0.39 is 17.7 Å². The number of carbonyl (C=O) groups is 1. The number of piperazine rings is 1. The summed E-state index contributed by atoms with van der Waals surface area (Å²) in [4.78, 5) is 22.1. The number of halogens is 3. The van der Waals surface area contributed by atoms with Gasteiger partial charge in [0.2, 0.25) is 5.91 Å². The third-order valence-electron chi connectivity index (χ3n) is 7.71. The molecule has 0 spiro atoms. The Hall–Kier alpha value is -2.61. The average molecular weight is 473 g/mol. The van der Waals surface area contributed by atoms with E-state index in [9.17, 15) is 18.0 Å². The second kappa shape index (κ2) is 9.56. The second-order valence-electron chi connectivity index (χ2n) is 9.77. The first-order valence-corrected chi connectivity index (χ1v) is 12.3. The number of nitrogens with zero attached hydrogens (tertiary/aromatic N) is 3. The number of alkyl halides is 3. The monoisotopic (exact) mass is 472 g/mol. The molecule has 1 saturated carbocycles. The highest BCUT2D eigenvalue weighted by Gasteiger charge is 2.43. The van der Waals surface area contributed by atoms with E-state index in [1.165, 1.54) is 44.2 Å². The molecule has 2 atom stereocenters. The predicted octanol–water partition coefficient (Wildman–Crippen LogP) is 4.41. The molecule has 5 rings (SSSR count). The molecule has 0 bridgehead atoms. The number of benzene rings is 1. The van der Waals surface area contributed by atoms with Crippen LogP contribution in [0.3, 0.4) is 0 Å². The molecule has 1 aromatic heterocycles. The summed E-state index contributed by atoms with van der Waals surface area (Å²) in [6, 6.07) is 8.22. The summed E-state index contributed by atoms with van der Waals surface area (Å²) in [5.41, 5.74) is 1.76. The molecule has 3 heterocycles. The minimum Gasteiger partial charge on any atom is -0.365 e. The van der Waals surface area contributed by atoms with E-state index in [0.717, 1.165) is 30.9 Å². The van der Waals surface area contributed by atoms with E-state index in [1.807, 2.05) is 12.1 Å². The van der Waals surface area contributed by atoms with E-state index in [-0.39, 0.29) is 11.9 Å². The van der Waals surface area contributed by atoms with Crippen molar-refractivity contribution in [2.75, 3.05) is 24.5 Å². The van der Waals surface area contributed by atoms with Gasteiger partial charge < -0.3 is 10.2 Å². The number of pyridine rings is 1. The van der Waals surface area contributed by atoms with Crippen LogP contribution in [-0.4, -0.2) is 47.5 Å². The third-order valence-corrected chi connectivity index (χ3v) is 7.71. The Morgan fingerprint density at radius 2 is 1.82 bits per heavy atom. The van der Waals surface area contributed by atoms with Gasteiger partial charge in [-0.15, -0.1) is 0 Å². The zero-order valence-electron chi connectivity index (χ0n) is 19.2. The van der Waals surface area contributed by atoms with Crippen LogP contribution in [0.2, 0.25) is 0 Å². The summed E-state index contributed by atoms with van der Waals surface area (Å²) < 4.78 is 40.2. The van der Waals surface area contributed by atoms with Crippen LogP contribution in [0.25, 0.3) is 0 Å². The van der Waals surface area contributed by atoms with Gasteiger partial charge in [0, 0.05) is 50.3 Å². The molecule has 1 aromatic carbocycles. The Kier molecular flexibility index (Phi) is 6.51. The molecule has 2 unspecified atom stereocenters. The van der Waals surface area contributed by atoms with E-state index in [1.54, 1.807) is 18.5 Å². The predicted molar refractivity (Wildman–Crippen MR) is 124 cm³/mol. The summed E-state index contributed by atoms with van der Waals surface area (Å²) in [6.45, 7) is 2.77. The van der Waals surface area contributed by atoms with Crippen LogP contribution in [0.1, 0.15) is 48.8 Å². The molecule has 2 aliphatic heterocycles. The number of anilines is 1. The van der Waals surface area contributed by atoms with E-state index in [4.69, 9.17) is 0 Å². The van der Waals surface area contributed by atoms with Gasteiger partial charge in [-0.1, -0.05) is 19.3 Å². The van der Waals surface area contributed by atoms with Crippen molar-refractivity contribution < 1.29 is 18.0 Å². The second-order valence-corrected chi connectivity index (χ2v) is 9.77. The van der Waals surface area contributed by atoms with Crippen molar-refractivity contribution in [1.29, 1.82) is 0 Å². The lowest BCUT2D eigenvalue weighted by Gasteiger charge is -2.51. The van der Waals surface area contributed by atoms with Crippen molar-refractivity contribution in [2.24, 2.45) is 5.92 Å². The minimum absolute atomic E-state index is 0.0441. The highest BCUT2D eigenvalue weighted by Crippen LogP contribution is 2.40. The van der Waals surface area contributed by atoms with Gasteiger partial charge in [0.15, 0.2) is 0 Å². The maximum Gasteiger partial charge on any atom is 0.416 e. The SMILES string of the molecule is O=C(NCc1ccncc1)C1Cc2cc(C(F)(F)F)ccc2N2CCN(C3CCCCC3)CC12. The van der Waals surface area contributed by atoms with Gasteiger partial charge in [-0.25, -0.2) is 0 Å². The van der Waals surface area contributed by atoms with Gasteiger partial charge in [-0.2, -0.15) is 13.2 Å². The molecule has 1 N–H and O–H groups in total. The summed E-state index contributed by atoms with van der Waals surface area (Å²) in [5.74, 6) is -0.496. The van der Waals surface area contributed by atoms with Crippen molar-refractivity contribution in [3.05, 3.63) is 59.4 Å². The fourth-order valence-electron chi connectivity index (χ4n) is 5.92. The molecule has 182 valence electrons. The molecule has 1 aliphatic carbocycles. The molecule has 8 heteroatoms. The van der Waals surface area contributed by atoms with E-state index in [2.05, 4.69) is 20.1 Å². The molecule has 34 heavy (non-hydrogen) atoms. The quantitative estimate of drug-likeness (QED) is 0.716. The molecule has 2 aromatic rings. The average Bonchev–Trinajstić information content (AvgIpc) is 2.86. The van der Waals surface area contributed by atoms with Crippen molar-refractivity contribution >= 4 is 11.6 Å². The number of nitrogens with one attached hydrogen (secondary N) is 1. The topological polar surface area (TPSA) is 48.5 Å². The van der Waals surface area contributed by atoms with E-state index >= 15 is 0 Å². The maximum atomic E-state index is 13.4. The highest BCUT2D eigenvalue weighted by molar-refractivity contribution is 5.82. The zero-order valence-corrected chi connectivity index (χ0v) is 19.2. The fraction of sp³-hybridized carbons (Fsp3) is 0.538. The van der Waals surface area contributed by atoms with Gasteiger partial charge in [-0.05, 0) is 60.7 Å². The largest absolute Gasteiger partial charge is 0.416 e. The number of carbonyl (C=O) groups excluding carboxylic acids is 1. The first-order valence-electron chi connectivity index (χ1n) is 12.3.